The Bertz CT molecular complexity index is 284. The molecule has 0 saturated heterocycles. The minimum absolute atomic E-state index is 0.166. The molecule has 0 amide bonds. The van der Waals surface area contributed by atoms with Gasteiger partial charge in [0.15, 0.2) is 0 Å². The normalized spacial score (nSPS) is 39.6. The van der Waals surface area contributed by atoms with E-state index in [1.807, 2.05) is 0 Å². The summed E-state index contributed by atoms with van der Waals surface area (Å²) in [5.74, 6) is -0.739. The van der Waals surface area contributed by atoms with Crippen molar-refractivity contribution in [1.82, 2.24) is 0 Å². The number of carbonyl (C=O) groups excluding carboxylic acids is 1. The van der Waals surface area contributed by atoms with Gasteiger partial charge in [-0.1, -0.05) is 19.8 Å². The van der Waals surface area contributed by atoms with Gasteiger partial charge in [0.25, 0.3) is 0 Å². The molecule has 0 unspecified atom stereocenters. The highest BCUT2D eigenvalue weighted by Crippen LogP contribution is 2.68. The van der Waals surface area contributed by atoms with Gasteiger partial charge >= 0.3 is 5.97 Å². The summed E-state index contributed by atoms with van der Waals surface area (Å²) < 4.78 is 0. The predicted octanol–water partition coefficient (Wildman–Crippen LogP) is 1.86. The molecule has 2 saturated carbocycles. The van der Waals surface area contributed by atoms with Gasteiger partial charge in [-0.25, -0.2) is 0 Å². The van der Waals surface area contributed by atoms with Crippen molar-refractivity contribution in [3.05, 3.63) is 0 Å². The average Bonchev–Trinajstić information content (AvgIpc) is 2.71. The van der Waals surface area contributed by atoms with Crippen molar-refractivity contribution >= 4 is 11.8 Å². The number of carboxylic acids is 1. The van der Waals surface area contributed by atoms with Gasteiger partial charge in [-0.2, -0.15) is 0 Å². The zero-order chi connectivity index (χ0) is 10.3. The Morgan fingerprint density at radius 3 is 2.86 bits per heavy atom. The summed E-state index contributed by atoms with van der Waals surface area (Å²) in [6.07, 6.45) is 4.22. The highest BCUT2D eigenvalue weighted by atomic mass is 16.4. The van der Waals surface area contributed by atoms with Crippen LogP contribution in [0.25, 0.3) is 0 Å². The van der Waals surface area contributed by atoms with Gasteiger partial charge in [0.1, 0.15) is 5.78 Å². The molecule has 3 heteroatoms. The van der Waals surface area contributed by atoms with Crippen molar-refractivity contribution in [3.8, 4) is 0 Å². The average molecular weight is 196 g/mol. The molecule has 2 aliphatic rings. The van der Waals surface area contributed by atoms with Crippen molar-refractivity contribution in [2.75, 3.05) is 0 Å². The molecule has 78 valence electrons. The summed E-state index contributed by atoms with van der Waals surface area (Å²) >= 11 is 0. The maximum atomic E-state index is 11.7. The van der Waals surface area contributed by atoms with Crippen LogP contribution in [-0.2, 0) is 9.59 Å². The highest BCUT2D eigenvalue weighted by Gasteiger charge is 2.73. The molecular weight excluding hydrogens is 180 g/mol. The lowest BCUT2D eigenvalue weighted by molar-refractivity contribution is -0.142. The fourth-order valence-electron chi connectivity index (χ4n) is 3.18. The number of hydrogen-bond donors (Lipinski definition) is 1. The quantitative estimate of drug-likeness (QED) is 0.746. The Kier molecular flexibility index (Phi) is 2.13. The molecule has 3 atom stereocenters. The second kappa shape index (κ2) is 3.07. The van der Waals surface area contributed by atoms with E-state index in [2.05, 4.69) is 6.92 Å². The van der Waals surface area contributed by atoms with E-state index in [4.69, 9.17) is 5.11 Å². The maximum Gasteiger partial charge on any atom is 0.307 e. The minimum atomic E-state index is -0.765. The van der Waals surface area contributed by atoms with E-state index in [-0.39, 0.29) is 17.6 Å². The summed E-state index contributed by atoms with van der Waals surface area (Å²) in [6.45, 7) is 2.07. The number of hydrogen-bond acceptors (Lipinski definition) is 2. The van der Waals surface area contributed by atoms with Crippen molar-refractivity contribution in [1.29, 1.82) is 0 Å². The van der Waals surface area contributed by atoms with E-state index in [1.54, 1.807) is 0 Å². The first kappa shape index (κ1) is 9.69. The minimum Gasteiger partial charge on any atom is -0.481 e. The Morgan fingerprint density at radius 1 is 1.64 bits per heavy atom. The molecule has 2 aliphatic carbocycles. The predicted molar refractivity (Wildman–Crippen MR) is 50.8 cm³/mol. The fourth-order valence-corrected chi connectivity index (χ4v) is 3.18. The molecule has 0 aliphatic heterocycles. The third kappa shape index (κ3) is 1.04. The van der Waals surface area contributed by atoms with Gasteiger partial charge in [0.2, 0.25) is 0 Å². The Balaban J connectivity index is 2.13. The summed E-state index contributed by atoms with van der Waals surface area (Å²) in [5.41, 5.74) is -0.429. The van der Waals surface area contributed by atoms with Crippen LogP contribution in [-0.4, -0.2) is 16.9 Å². The van der Waals surface area contributed by atoms with E-state index in [1.165, 1.54) is 0 Å². The molecule has 3 nitrogen and oxygen atoms in total. The molecule has 0 bridgehead atoms. The third-order valence-corrected chi connectivity index (χ3v) is 3.92. The molecule has 0 radical (unpaired) electrons. The molecule has 0 heterocycles. The zero-order valence-corrected chi connectivity index (χ0v) is 8.45. The van der Waals surface area contributed by atoms with Crippen molar-refractivity contribution in [2.45, 2.75) is 39.0 Å². The molecule has 14 heavy (non-hydrogen) atoms. The van der Waals surface area contributed by atoms with Gasteiger partial charge in [-0.3, -0.25) is 9.59 Å². The van der Waals surface area contributed by atoms with E-state index in [9.17, 15) is 9.59 Å². The lowest BCUT2D eigenvalue weighted by atomic mass is 9.92. The van der Waals surface area contributed by atoms with Crippen LogP contribution in [0.1, 0.15) is 39.0 Å². The second-order valence-electron chi connectivity index (χ2n) is 4.53. The first-order chi connectivity index (χ1) is 6.64. The van der Waals surface area contributed by atoms with E-state index >= 15 is 0 Å². The van der Waals surface area contributed by atoms with Crippen LogP contribution in [0.4, 0.5) is 0 Å². The van der Waals surface area contributed by atoms with Crippen LogP contribution in [0.15, 0.2) is 0 Å². The van der Waals surface area contributed by atoms with Crippen molar-refractivity contribution in [2.24, 2.45) is 17.3 Å². The summed E-state index contributed by atoms with van der Waals surface area (Å²) in [4.78, 5) is 22.6. The monoisotopic (exact) mass is 196 g/mol. The summed E-state index contributed by atoms with van der Waals surface area (Å²) in [6, 6.07) is 0. The van der Waals surface area contributed by atoms with Crippen molar-refractivity contribution < 1.29 is 14.7 Å². The SMILES string of the molecule is CCCC[C@@]12C(=O)CC[C@H]1[C@H]2C(=O)O. The molecule has 2 rings (SSSR count). The Hall–Kier alpha value is -0.860. The van der Waals surface area contributed by atoms with Crippen LogP contribution in [0.2, 0.25) is 0 Å². The number of fused-ring (bicyclic) bond motifs is 1. The van der Waals surface area contributed by atoms with Crippen LogP contribution in [0.3, 0.4) is 0 Å². The first-order valence-corrected chi connectivity index (χ1v) is 5.40. The van der Waals surface area contributed by atoms with E-state index in [0.717, 1.165) is 25.7 Å². The highest BCUT2D eigenvalue weighted by molar-refractivity contribution is 5.98. The number of carboxylic acid groups (broad SMARTS) is 1. The molecule has 0 aromatic carbocycles. The van der Waals surface area contributed by atoms with Gasteiger partial charge in [-0.15, -0.1) is 0 Å². The van der Waals surface area contributed by atoms with E-state index in [0.29, 0.717) is 6.42 Å². The molecule has 0 aromatic rings. The van der Waals surface area contributed by atoms with Gasteiger partial charge < -0.3 is 5.11 Å². The smallest absolute Gasteiger partial charge is 0.307 e. The van der Waals surface area contributed by atoms with Crippen LogP contribution in [0, 0.1) is 17.3 Å². The lowest BCUT2D eigenvalue weighted by Gasteiger charge is -2.10. The topological polar surface area (TPSA) is 54.4 Å². The van der Waals surface area contributed by atoms with E-state index < -0.39 is 11.4 Å². The number of carbonyl (C=O) groups is 2. The fraction of sp³-hybridized carbons (Fsp3) is 0.818. The van der Waals surface area contributed by atoms with Crippen LogP contribution in [0.5, 0.6) is 0 Å². The third-order valence-electron chi connectivity index (χ3n) is 3.92. The van der Waals surface area contributed by atoms with Crippen molar-refractivity contribution in [3.63, 3.8) is 0 Å². The molecule has 2 fully saturated rings. The summed E-state index contributed by atoms with van der Waals surface area (Å²) in [7, 11) is 0. The lowest BCUT2D eigenvalue weighted by Crippen LogP contribution is -2.19. The van der Waals surface area contributed by atoms with Crippen LogP contribution >= 0.6 is 0 Å². The van der Waals surface area contributed by atoms with Gasteiger partial charge in [-0.05, 0) is 18.8 Å². The van der Waals surface area contributed by atoms with Gasteiger partial charge in [0.05, 0.1) is 5.92 Å². The number of unbranched alkanes of at least 4 members (excludes halogenated alkanes) is 1. The largest absolute Gasteiger partial charge is 0.481 e. The molecule has 1 N–H and O–H groups in total. The standard InChI is InChI=1S/C11H16O3/c1-2-3-6-11-7(4-5-8(11)12)9(11)10(13)14/h7,9H,2-6H2,1H3,(H,13,14)/t7-,9-,11-/m0/s1. The Labute approximate surface area is 83.5 Å². The first-order valence-electron chi connectivity index (χ1n) is 5.40. The molecule has 0 aromatic heterocycles. The molecule has 0 spiro atoms. The number of Topliss-reactive ketones (excluding diaryl/α,β-unsaturated/α-hetero) is 1. The van der Waals surface area contributed by atoms with Gasteiger partial charge in [0, 0.05) is 11.8 Å². The molecular formula is C11H16O3. The zero-order valence-electron chi connectivity index (χ0n) is 8.45. The Morgan fingerprint density at radius 2 is 2.36 bits per heavy atom. The number of ketones is 1. The number of aliphatic carboxylic acids is 1. The maximum absolute atomic E-state index is 11.7. The van der Waals surface area contributed by atoms with Crippen LogP contribution < -0.4 is 0 Å². The number of rotatable bonds is 4. The summed E-state index contributed by atoms with van der Waals surface area (Å²) in [5, 5.41) is 8.99. The second-order valence-corrected chi connectivity index (χ2v) is 4.53.